The van der Waals surface area contributed by atoms with Crippen molar-refractivity contribution in [3.63, 3.8) is 0 Å². The van der Waals surface area contributed by atoms with Crippen LogP contribution in [0.3, 0.4) is 0 Å². The predicted octanol–water partition coefficient (Wildman–Crippen LogP) is 1.68. The van der Waals surface area contributed by atoms with E-state index in [0.29, 0.717) is 4.52 Å². The SMILES string of the molecule is Nc1nc2c(OCCF)ccc(C(F)(F)F)n2n1. The first-order valence-corrected chi connectivity index (χ1v) is 4.84. The molecule has 5 nitrogen and oxygen atoms in total. The van der Waals surface area contributed by atoms with Crippen LogP contribution in [0.5, 0.6) is 5.75 Å². The summed E-state index contributed by atoms with van der Waals surface area (Å²) in [5, 5.41) is 3.44. The van der Waals surface area contributed by atoms with Gasteiger partial charge in [0, 0.05) is 0 Å². The van der Waals surface area contributed by atoms with Gasteiger partial charge < -0.3 is 10.5 Å². The topological polar surface area (TPSA) is 65.4 Å². The maximum Gasteiger partial charge on any atom is 0.433 e. The highest BCUT2D eigenvalue weighted by molar-refractivity contribution is 5.56. The molecule has 0 amide bonds. The second kappa shape index (κ2) is 4.31. The zero-order chi connectivity index (χ0) is 13.3. The quantitative estimate of drug-likeness (QED) is 0.856. The smallest absolute Gasteiger partial charge is 0.433 e. The van der Waals surface area contributed by atoms with E-state index >= 15 is 0 Å². The number of hydrogen-bond donors (Lipinski definition) is 1. The van der Waals surface area contributed by atoms with E-state index in [1.807, 2.05) is 0 Å². The molecule has 0 unspecified atom stereocenters. The lowest BCUT2D eigenvalue weighted by Crippen LogP contribution is -2.13. The Morgan fingerprint density at radius 1 is 1.33 bits per heavy atom. The molecule has 2 N–H and O–H groups in total. The maximum absolute atomic E-state index is 12.7. The summed E-state index contributed by atoms with van der Waals surface area (Å²) >= 11 is 0. The fourth-order valence-electron chi connectivity index (χ4n) is 1.43. The summed E-state index contributed by atoms with van der Waals surface area (Å²) in [5.41, 5.74) is 4.03. The standard InChI is InChI=1S/C9H8F4N4O/c10-3-4-18-5-1-2-6(9(11,12)13)17-7(5)15-8(14)16-17/h1-2H,3-4H2,(H2,14,16). The number of hydrogen-bond acceptors (Lipinski definition) is 4. The average Bonchev–Trinajstić information content (AvgIpc) is 2.65. The molecule has 2 heterocycles. The van der Waals surface area contributed by atoms with E-state index in [-0.39, 0.29) is 24.0 Å². The van der Waals surface area contributed by atoms with Crippen LogP contribution in [-0.4, -0.2) is 27.9 Å². The summed E-state index contributed by atoms with van der Waals surface area (Å²) in [6, 6.07) is 1.83. The number of nitrogen functional groups attached to an aromatic ring is 1. The van der Waals surface area contributed by atoms with Gasteiger partial charge in [0.25, 0.3) is 0 Å². The van der Waals surface area contributed by atoms with Gasteiger partial charge in [-0.15, -0.1) is 5.10 Å². The van der Waals surface area contributed by atoms with Crippen molar-refractivity contribution in [3.8, 4) is 5.75 Å². The number of nitrogens with two attached hydrogens (primary N) is 1. The molecule has 2 aromatic heterocycles. The van der Waals surface area contributed by atoms with Gasteiger partial charge >= 0.3 is 6.18 Å². The van der Waals surface area contributed by atoms with Crippen molar-refractivity contribution in [1.82, 2.24) is 14.6 Å². The van der Waals surface area contributed by atoms with E-state index in [1.165, 1.54) is 0 Å². The molecular weight excluding hydrogens is 256 g/mol. The van der Waals surface area contributed by atoms with E-state index in [2.05, 4.69) is 10.1 Å². The fraction of sp³-hybridized carbons (Fsp3) is 0.333. The summed E-state index contributed by atoms with van der Waals surface area (Å²) in [7, 11) is 0. The largest absolute Gasteiger partial charge is 0.487 e. The molecule has 0 spiro atoms. The van der Waals surface area contributed by atoms with Crippen LogP contribution in [0.25, 0.3) is 5.65 Å². The van der Waals surface area contributed by atoms with Crippen molar-refractivity contribution in [2.75, 3.05) is 19.0 Å². The average molecular weight is 264 g/mol. The molecule has 0 aliphatic rings. The Labute approximate surface area is 98.2 Å². The number of aromatic nitrogens is 3. The van der Waals surface area contributed by atoms with E-state index in [0.717, 1.165) is 12.1 Å². The lowest BCUT2D eigenvalue weighted by atomic mass is 10.3. The molecule has 0 aromatic carbocycles. The van der Waals surface area contributed by atoms with Crippen molar-refractivity contribution >= 4 is 11.6 Å². The Morgan fingerprint density at radius 2 is 2.06 bits per heavy atom. The Bertz CT molecular complexity index is 565. The third kappa shape index (κ3) is 2.15. The molecule has 98 valence electrons. The highest BCUT2D eigenvalue weighted by atomic mass is 19.4. The van der Waals surface area contributed by atoms with E-state index in [9.17, 15) is 17.6 Å². The summed E-state index contributed by atoms with van der Waals surface area (Å²) in [6.45, 7) is -1.05. The molecule has 0 aliphatic heterocycles. The molecule has 2 aromatic rings. The Morgan fingerprint density at radius 3 is 2.67 bits per heavy atom. The summed E-state index contributed by atoms with van der Waals surface area (Å²) < 4.78 is 55.5. The Balaban J connectivity index is 2.58. The molecular formula is C9H8F4N4O. The van der Waals surface area contributed by atoms with Crippen LogP contribution < -0.4 is 10.5 Å². The minimum Gasteiger partial charge on any atom is -0.487 e. The first kappa shape index (κ1) is 12.4. The molecule has 2 rings (SSSR count). The van der Waals surface area contributed by atoms with Gasteiger partial charge in [0.2, 0.25) is 5.95 Å². The molecule has 0 atom stereocenters. The Hall–Kier alpha value is -2.06. The van der Waals surface area contributed by atoms with Gasteiger partial charge in [-0.05, 0) is 12.1 Å². The van der Waals surface area contributed by atoms with Crippen LogP contribution in [0.15, 0.2) is 12.1 Å². The minimum absolute atomic E-state index is 0.00940. The number of pyridine rings is 1. The van der Waals surface area contributed by atoms with Gasteiger partial charge in [-0.2, -0.15) is 18.2 Å². The molecule has 18 heavy (non-hydrogen) atoms. The Kier molecular flexibility index (Phi) is 2.97. The van der Waals surface area contributed by atoms with E-state index < -0.39 is 18.5 Å². The second-order valence-corrected chi connectivity index (χ2v) is 3.32. The van der Waals surface area contributed by atoms with Gasteiger partial charge in [0.15, 0.2) is 11.4 Å². The third-order valence-electron chi connectivity index (χ3n) is 2.09. The fourth-order valence-corrected chi connectivity index (χ4v) is 1.43. The van der Waals surface area contributed by atoms with Gasteiger partial charge in [0.1, 0.15) is 19.0 Å². The van der Waals surface area contributed by atoms with Crippen molar-refractivity contribution in [1.29, 1.82) is 0 Å². The van der Waals surface area contributed by atoms with E-state index in [4.69, 9.17) is 10.5 Å². The number of fused-ring (bicyclic) bond motifs is 1. The molecule has 0 bridgehead atoms. The predicted molar refractivity (Wildman–Crippen MR) is 53.9 cm³/mol. The molecule has 0 fully saturated rings. The molecule has 0 aliphatic carbocycles. The number of halogens is 4. The number of ether oxygens (including phenoxy) is 1. The molecule has 0 saturated heterocycles. The zero-order valence-corrected chi connectivity index (χ0v) is 8.91. The number of anilines is 1. The third-order valence-corrected chi connectivity index (χ3v) is 2.09. The maximum atomic E-state index is 12.7. The van der Waals surface area contributed by atoms with Crippen LogP contribution in [0.2, 0.25) is 0 Å². The van der Waals surface area contributed by atoms with Crippen LogP contribution >= 0.6 is 0 Å². The van der Waals surface area contributed by atoms with Gasteiger partial charge in [-0.25, -0.2) is 8.91 Å². The minimum atomic E-state index is -4.60. The van der Waals surface area contributed by atoms with Crippen molar-refractivity contribution in [3.05, 3.63) is 17.8 Å². The number of alkyl halides is 4. The van der Waals surface area contributed by atoms with E-state index in [1.54, 1.807) is 0 Å². The van der Waals surface area contributed by atoms with Crippen molar-refractivity contribution < 1.29 is 22.3 Å². The summed E-state index contributed by atoms with van der Waals surface area (Å²) in [5.74, 6) is -0.332. The van der Waals surface area contributed by atoms with Crippen molar-refractivity contribution in [2.45, 2.75) is 6.18 Å². The number of rotatable bonds is 3. The summed E-state index contributed by atoms with van der Waals surface area (Å²) in [6.07, 6.45) is -4.60. The van der Waals surface area contributed by atoms with Gasteiger partial charge in [-0.3, -0.25) is 0 Å². The van der Waals surface area contributed by atoms with Gasteiger partial charge in [0.05, 0.1) is 0 Å². The monoisotopic (exact) mass is 264 g/mol. The van der Waals surface area contributed by atoms with Crippen LogP contribution in [0.1, 0.15) is 5.69 Å². The number of nitrogens with zero attached hydrogens (tertiary/aromatic N) is 3. The highest BCUT2D eigenvalue weighted by Crippen LogP contribution is 2.32. The van der Waals surface area contributed by atoms with Crippen LogP contribution in [-0.2, 0) is 6.18 Å². The highest BCUT2D eigenvalue weighted by Gasteiger charge is 2.35. The first-order chi connectivity index (χ1) is 8.43. The zero-order valence-electron chi connectivity index (χ0n) is 8.91. The summed E-state index contributed by atoms with van der Waals surface area (Å²) in [4.78, 5) is 3.62. The first-order valence-electron chi connectivity index (χ1n) is 4.84. The molecule has 0 radical (unpaired) electrons. The molecule has 9 heteroatoms. The lowest BCUT2D eigenvalue weighted by Gasteiger charge is -2.10. The molecule has 0 saturated carbocycles. The normalized spacial score (nSPS) is 12.0. The lowest BCUT2D eigenvalue weighted by molar-refractivity contribution is -0.142. The van der Waals surface area contributed by atoms with Crippen LogP contribution in [0.4, 0.5) is 23.5 Å². The van der Waals surface area contributed by atoms with Crippen LogP contribution in [0, 0.1) is 0 Å². The van der Waals surface area contributed by atoms with Gasteiger partial charge in [-0.1, -0.05) is 0 Å². The van der Waals surface area contributed by atoms with Crippen molar-refractivity contribution in [2.24, 2.45) is 0 Å². The second-order valence-electron chi connectivity index (χ2n) is 3.32.